The molecule has 0 aliphatic carbocycles. The van der Waals surface area contributed by atoms with Crippen molar-refractivity contribution >= 4 is 51.7 Å². The first-order valence-corrected chi connectivity index (χ1v) is 12.5. The Hall–Kier alpha value is -2.19. The lowest BCUT2D eigenvalue weighted by Crippen LogP contribution is -2.40. The van der Waals surface area contributed by atoms with Crippen molar-refractivity contribution in [3.8, 4) is 0 Å². The summed E-state index contributed by atoms with van der Waals surface area (Å²) in [6.45, 7) is 12.1. The van der Waals surface area contributed by atoms with Crippen molar-refractivity contribution in [1.29, 1.82) is 0 Å². The number of fused-ring (bicyclic) bond motifs is 1. The van der Waals surface area contributed by atoms with Gasteiger partial charge in [0.25, 0.3) is 11.5 Å². The normalized spacial score (nSPS) is 24.1. The van der Waals surface area contributed by atoms with Gasteiger partial charge in [0, 0.05) is 25.3 Å². The molecule has 0 radical (unpaired) electrons. The van der Waals surface area contributed by atoms with E-state index >= 15 is 0 Å². The molecule has 4 heterocycles. The molecule has 0 spiro atoms. The molecule has 3 unspecified atom stereocenters. The molecular formula is C24H30N4O2S2. The highest BCUT2D eigenvalue weighted by Crippen LogP contribution is 2.36. The number of hydrogen-bond acceptors (Lipinski definition) is 6. The number of aromatic nitrogens is 2. The van der Waals surface area contributed by atoms with Gasteiger partial charge in [0.05, 0.1) is 10.5 Å². The van der Waals surface area contributed by atoms with E-state index in [0.717, 1.165) is 31.5 Å². The van der Waals surface area contributed by atoms with Gasteiger partial charge >= 0.3 is 0 Å². The zero-order valence-electron chi connectivity index (χ0n) is 19.3. The highest BCUT2D eigenvalue weighted by molar-refractivity contribution is 8.26. The van der Waals surface area contributed by atoms with E-state index in [2.05, 4.69) is 18.7 Å². The second-order valence-electron chi connectivity index (χ2n) is 9.25. The standard InChI is InChI=1S/C24H30N4O2S2/c1-6-17(5)28-23(30)19(32-24(28)31)10-18-21(26-11-15(3)9-16(4)12-26)25-20-8-7-14(2)13-27(20)22(18)29/h7-8,10,13,15-17H,6,9,11-12H2,1-5H3/b19-10-. The van der Waals surface area contributed by atoms with Crippen molar-refractivity contribution in [2.45, 2.75) is 53.5 Å². The Morgan fingerprint density at radius 1 is 1.25 bits per heavy atom. The van der Waals surface area contributed by atoms with Crippen LogP contribution in [0.25, 0.3) is 11.7 Å². The summed E-state index contributed by atoms with van der Waals surface area (Å²) >= 11 is 6.76. The molecule has 8 heteroatoms. The predicted octanol–water partition coefficient (Wildman–Crippen LogP) is 4.48. The minimum absolute atomic E-state index is 0.0233. The van der Waals surface area contributed by atoms with Crippen LogP contribution in [0, 0.1) is 18.8 Å². The molecule has 2 aromatic rings. The smallest absolute Gasteiger partial charge is 0.267 e. The summed E-state index contributed by atoms with van der Waals surface area (Å²) in [6, 6.07) is 3.86. The molecule has 4 rings (SSSR count). The first-order valence-electron chi connectivity index (χ1n) is 11.2. The summed E-state index contributed by atoms with van der Waals surface area (Å²) in [5.74, 6) is 1.54. The minimum atomic E-state index is -0.159. The van der Waals surface area contributed by atoms with Gasteiger partial charge in [0.1, 0.15) is 15.8 Å². The van der Waals surface area contributed by atoms with Gasteiger partial charge in [-0.25, -0.2) is 4.98 Å². The van der Waals surface area contributed by atoms with Crippen molar-refractivity contribution in [2.24, 2.45) is 11.8 Å². The first-order chi connectivity index (χ1) is 15.2. The van der Waals surface area contributed by atoms with Crippen LogP contribution in [0.4, 0.5) is 5.82 Å². The summed E-state index contributed by atoms with van der Waals surface area (Å²) < 4.78 is 2.12. The monoisotopic (exact) mass is 470 g/mol. The first kappa shape index (κ1) is 23.0. The Kier molecular flexibility index (Phi) is 6.45. The Bertz CT molecular complexity index is 1160. The number of rotatable bonds is 4. The van der Waals surface area contributed by atoms with Crippen molar-refractivity contribution in [2.75, 3.05) is 18.0 Å². The van der Waals surface area contributed by atoms with Crippen LogP contribution in [-0.4, -0.2) is 43.6 Å². The van der Waals surface area contributed by atoms with Gasteiger partial charge in [-0.3, -0.25) is 18.9 Å². The van der Waals surface area contributed by atoms with E-state index in [9.17, 15) is 9.59 Å². The Morgan fingerprint density at radius 2 is 1.94 bits per heavy atom. The quantitative estimate of drug-likeness (QED) is 0.485. The SMILES string of the molecule is CCC(C)N1C(=O)/C(=C/c2c(N3CC(C)CC(C)C3)nc3ccc(C)cn3c2=O)SC1=S. The van der Waals surface area contributed by atoms with Crippen LogP contribution in [0.15, 0.2) is 28.0 Å². The van der Waals surface area contributed by atoms with Crippen LogP contribution in [0.5, 0.6) is 0 Å². The van der Waals surface area contributed by atoms with Crippen LogP contribution in [0.1, 0.15) is 51.7 Å². The molecule has 170 valence electrons. The fourth-order valence-electron chi connectivity index (χ4n) is 4.62. The number of carbonyl (C=O) groups excluding carboxylic acids is 1. The molecule has 0 aromatic carbocycles. The number of anilines is 1. The highest BCUT2D eigenvalue weighted by atomic mass is 32.2. The number of hydrogen-bond donors (Lipinski definition) is 0. The maximum absolute atomic E-state index is 13.6. The van der Waals surface area contributed by atoms with E-state index in [1.165, 1.54) is 11.8 Å². The fourth-order valence-corrected chi connectivity index (χ4v) is 6.07. The number of aryl methyl sites for hydroxylation is 1. The molecule has 2 aliphatic rings. The number of thiocarbonyl (C=S) groups is 1. The third kappa shape index (κ3) is 4.22. The summed E-state index contributed by atoms with van der Waals surface area (Å²) in [7, 11) is 0. The van der Waals surface area contributed by atoms with E-state index < -0.39 is 0 Å². The number of pyridine rings is 1. The van der Waals surface area contributed by atoms with Crippen molar-refractivity contribution < 1.29 is 4.79 Å². The lowest BCUT2D eigenvalue weighted by atomic mass is 9.91. The molecule has 2 aromatic heterocycles. The van der Waals surface area contributed by atoms with Crippen LogP contribution < -0.4 is 10.5 Å². The second kappa shape index (κ2) is 8.98. The molecule has 0 N–H and O–H groups in total. The van der Waals surface area contributed by atoms with Crippen molar-refractivity contribution in [3.05, 3.63) is 44.7 Å². The largest absolute Gasteiger partial charge is 0.355 e. The molecule has 2 saturated heterocycles. The number of thioether (sulfide) groups is 1. The van der Waals surface area contributed by atoms with E-state index in [4.69, 9.17) is 17.2 Å². The number of amides is 1. The molecule has 32 heavy (non-hydrogen) atoms. The molecule has 1 amide bonds. The molecule has 0 saturated carbocycles. The predicted molar refractivity (Wildman–Crippen MR) is 136 cm³/mol. The van der Waals surface area contributed by atoms with Crippen molar-refractivity contribution in [3.63, 3.8) is 0 Å². The Morgan fingerprint density at radius 3 is 2.59 bits per heavy atom. The lowest BCUT2D eigenvalue weighted by molar-refractivity contribution is -0.123. The topological polar surface area (TPSA) is 57.9 Å². The molecule has 3 atom stereocenters. The van der Waals surface area contributed by atoms with Gasteiger partial charge < -0.3 is 4.90 Å². The fraction of sp³-hybridized carbons (Fsp3) is 0.500. The molecule has 0 bridgehead atoms. The maximum Gasteiger partial charge on any atom is 0.267 e. The summed E-state index contributed by atoms with van der Waals surface area (Å²) in [6.07, 6.45) is 5.49. The summed E-state index contributed by atoms with van der Waals surface area (Å²) in [4.78, 5) is 36.0. The van der Waals surface area contributed by atoms with E-state index in [-0.39, 0.29) is 17.5 Å². The lowest BCUT2D eigenvalue weighted by Gasteiger charge is -2.36. The molecule has 2 aliphatic heterocycles. The summed E-state index contributed by atoms with van der Waals surface area (Å²) in [5.41, 5.74) is 1.89. The Labute approximate surface area is 198 Å². The minimum Gasteiger partial charge on any atom is -0.355 e. The van der Waals surface area contributed by atoms with E-state index in [0.29, 0.717) is 38.1 Å². The number of carbonyl (C=O) groups is 1. The van der Waals surface area contributed by atoms with Crippen LogP contribution >= 0.6 is 24.0 Å². The average Bonchev–Trinajstić information content (AvgIpc) is 3.02. The third-order valence-electron chi connectivity index (χ3n) is 6.28. The van der Waals surface area contributed by atoms with Crippen molar-refractivity contribution in [1.82, 2.24) is 14.3 Å². The van der Waals surface area contributed by atoms with Crippen LogP contribution in [0.3, 0.4) is 0 Å². The molecule has 6 nitrogen and oxygen atoms in total. The maximum atomic E-state index is 13.6. The number of nitrogens with zero attached hydrogens (tertiary/aromatic N) is 4. The van der Waals surface area contributed by atoms with Crippen LogP contribution in [0.2, 0.25) is 0 Å². The van der Waals surface area contributed by atoms with E-state index in [1.54, 1.807) is 21.6 Å². The van der Waals surface area contributed by atoms with Crippen LogP contribution in [-0.2, 0) is 4.79 Å². The van der Waals surface area contributed by atoms with E-state index in [1.807, 2.05) is 32.9 Å². The summed E-state index contributed by atoms with van der Waals surface area (Å²) in [5, 5.41) is 0. The van der Waals surface area contributed by atoms with Gasteiger partial charge in [-0.1, -0.05) is 50.8 Å². The van der Waals surface area contributed by atoms with Gasteiger partial charge in [-0.15, -0.1) is 0 Å². The highest BCUT2D eigenvalue weighted by Gasteiger charge is 2.35. The Balaban J connectivity index is 1.88. The zero-order valence-corrected chi connectivity index (χ0v) is 20.9. The van der Waals surface area contributed by atoms with Gasteiger partial charge in [-0.05, 0) is 56.2 Å². The molecular weight excluding hydrogens is 440 g/mol. The second-order valence-corrected chi connectivity index (χ2v) is 10.9. The molecule has 2 fully saturated rings. The average molecular weight is 471 g/mol. The zero-order chi connectivity index (χ0) is 23.2. The van der Waals surface area contributed by atoms with Gasteiger partial charge in [0.2, 0.25) is 0 Å². The van der Waals surface area contributed by atoms with Gasteiger partial charge in [-0.2, -0.15) is 0 Å². The van der Waals surface area contributed by atoms with Gasteiger partial charge in [0.15, 0.2) is 0 Å². The number of piperidine rings is 1. The third-order valence-corrected chi connectivity index (χ3v) is 7.61.